The predicted molar refractivity (Wildman–Crippen MR) is 65.2 cm³/mol. The maximum absolute atomic E-state index is 8.70. The maximum atomic E-state index is 8.70. The normalized spacial score (nSPS) is 10.2. The second kappa shape index (κ2) is 5.33. The van der Waals surface area contributed by atoms with Gasteiger partial charge < -0.3 is 15.5 Å². The molecular weight excluding hydrogens is 202 g/mol. The molecule has 1 aromatic rings. The number of nitrogen functional groups attached to an aromatic ring is 1. The second-order valence-corrected chi connectivity index (χ2v) is 3.97. The first-order chi connectivity index (χ1) is 7.54. The third kappa shape index (κ3) is 3.11. The minimum atomic E-state index is 0.488. The number of rotatable bonds is 4. The van der Waals surface area contributed by atoms with Gasteiger partial charge in [-0.1, -0.05) is 0 Å². The largest absolute Gasteiger partial charge is 0.396 e. The molecule has 5 nitrogen and oxygen atoms in total. The Bertz CT molecular complexity index is 394. The number of nitrogens with two attached hydrogens (primary N) is 1. The summed E-state index contributed by atoms with van der Waals surface area (Å²) in [6, 6.07) is 3.66. The summed E-state index contributed by atoms with van der Waals surface area (Å²) in [4.78, 5) is 8.26. The molecular formula is C11H17N5. The summed E-state index contributed by atoms with van der Waals surface area (Å²) in [7, 11) is 5.97. The van der Waals surface area contributed by atoms with Crippen LogP contribution in [0.15, 0.2) is 12.3 Å². The van der Waals surface area contributed by atoms with Gasteiger partial charge in [-0.2, -0.15) is 5.26 Å². The molecule has 5 heteroatoms. The first-order valence-electron chi connectivity index (χ1n) is 5.06. The molecule has 0 spiro atoms. The van der Waals surface area contributed by atoms with E-state index >= 15 is 0 Å². The number of likely N-dealkylation sites (N-methyl/N-ethyl adjacent to an activating group) is 2. The van der Waals surface area contributed by atoms with E-state index in [4.69, 9.17) is 11.0 Å². The zero-order valence-electron chi connectivity index (χ0n) is 9.94. The maximum Gasteiger partial charge on any atom is 0.151 e. The average Bonchev–Trinajstić information content (AvgIpc) is 2.25. The van der Waals surface area contributed by atoms with Gasteiger partial charge in [-0.25, -0.2) is 4.98 Å². The number of pyridine rings is 1. The van der Waals surface area contributed by atoms with Crippen LogP contribution in [0.5, 0.6) is 0 Å². The van der Waals surface area contributed by atoms with Crippen molar-refractivity contribution in [2.75, 3.05) is 44.9 Å². The first kappa shape index (κ1) is 12.3. The first-order valence-corrected chi connectivity index (χ1v) is 5.06. The Kier molecular flexibility index (Phi) is 4.09. The molecule has 1 heterocycles. The summed E-state index contributed by atoms with van der Waals surface area (Å²) in [6.45, 7) is 1.77. The number of nitriles is 1. The van der Waals surface area contributed by atoms with E-state index in [-0.39, 0.29) is 0 Å². The van der Waals surface area contributed by atoms with Gasteiger partial charge in [0.25, 0.3) is 0 Å². The zero-order chi connectivity index (χ0) is 12.1. The highest BCUT2D eigenvalue weighted by molar-refractivity contribution is 5.64. The molecule has 0 saturated heterocycles. The standard InChI is InChI=1S/C11H17N5/c1-15(2)4-5-16(3)11-10(13)6-9(7-12)8-14-11/h6,8H,4-5,13H2,1-3H3. The molecule has 0 atom stereocenters. The quantitative estimate of drug-likeness (QED) is 0.800. The van der Waals surface area contributed by atoms with Crippen LogP contribution in [0.4, 0.5) is 11.5 Å². The van der Waals surface area contributed by atoms with Crippen molar-refractivity contribution in [2.24, 2.45) is 0 Å². The van der Waals surface area contributed by atoms with Crippen molar-refractivity contribution >= 4 is 11.5 Å². The number of nitrogens with zero attached hydrogens (tertiary/aromatic N) is 4. The number of anilines is 2. The minimum absolute atomic E-state index is 0.488. The molecule has 0 aliphatic heterocycles. The van der Waals surface area contributed by atoms with Crippen molar-refractivity contribution in [1.82, 2.24) is 9.88 Å². The lowest BCUT2D eigenvalue weighted by Crippen LogP contribution is -2.29. The lowest BCUT2D eigenvalue weighted by molar-refractivity contribution is 0.416. The van der Waals surface area contributed by atoms with Crippen LogP contribution in [0, 0.1) is 11.3 Å². The molecule has 0 aromatic carbocycles. The number of aromatic nitrogens is 1. The smallest absolute Gasteiger partial charge is 0.151 e. The summed E-state index contributed by atoms with van der Waals surface area (Å²) in [5.74, 6) is 0.723. The summed E-state index contributed by atoms with van der Waals surface area (Å²) < 4.78 is 0. The van der Waals surface area contributed by atoms with Gasteiger partial charge >= 0.3 is 0 Å². The van der Waals surface area contributed by atoms with Crippen molar-refractivity contribution in [3.63, 3.8) is 0 Å². The fourth-order valence-corrected chi connectivity index (χ4v) is 1.31. The Morgan fingerprint density at radius 1 is 1.38 bits per heavy atom. The summed E-state index contributed by atoms with van der Waals surface area (Å²) in [5.41, 5.74) is 6.87. The number of hydrogen-bond acceptors (Lipinski definition) is 5. The Morgan fingerprint density at radius 3 is 2.56 bits per heavy atom. The number of hydrogen-bond donors (Lipinski definition) is 1. The van der Waals surface area contributed by atoms with Gasteiger partial charge in [0.1, 0.15) is 6.07 Å². The molecule has 0 unspecified atom stereocenters. The van der Waals surface area contributed by atoms with E-state index in [0.717, 1.165) is 18.9 Å². The zero-order valence-corrected chi connectivity index (χ0v) is 9.94. The Labute approximate surface area is 96.1 Å². The van der Waals surface area contributed by atoms with Gasteiger partial charge in [0.2, 0.25) is 0 Å². The van der Waals surface area contributed by atoms with Gasteiger partial charge in [0.15, 0.2) is 5.82 Å². The van der Waals surface area contributed by atoms with Crippen LogP contribution in [0.1, 0.15) is 5.56 Å². The van der Waals surface area contributed by atoms with Crippen molar-refractivity contribution in [1.29, 1.82) is 5.26 Å². The molecule has 1 rings (SSSR count). The molecule has 0 amide bonds. The SMILES string of the molecule is CN(C)CCN(C)c1ncc(C#N)cc1N. The lowest BCUT2D eigenvalue weighted by Gasteiger charge is -2.21. The van der Waals surface area contributed by atoms with Crippen molar-refractivity contribution in [2.45, 2.75) is 0 Å². The summed E-state index contributed by atoms with van der Waals surface area (Å²) in [5, 5.41) is 8.70. The molecule has 86 valence electrons. The fraction of sp³-hybridized carbons (Fsp3) is 0.455. The average molecular weight is 219 g/mol. The molecule has 0 aliphatic carbocycles. The van der Waals surface area contributed by atoms with E-state index in [0.29, 0.717) is 11.3 Å². The Balaban J connectivity index is 2.76. The van der Waals surface area contributed by atoms with Crippen molar-refractivity contribution < 1.29 is 0 Å². The summed E-state index contributed by atoms with van der Waals surface area (Å²) >= 11 is 0. The van der Waals surface area contributed by atoms with Crippen LogP contribution in [0.25, 0.3) is 0 Å². The van der Waals surface area contributed by atoms with Gasteiger partial charge in [-0.05, 0) is 20.2 Å². The highest BCUT2D eigenvalue weighted by Gasteiger charge is 2.07. The second-order valence-electron chi connectivity index (χ2n) is 3.97. The van der Waals surface area contributed by atoms with Crippen LogP contribution in [-0.2, 0) is 0 Å². The molecule has 0 radical (unpaired) electrons. The summed E-state index contributed by atoms with van der Waals surface area (Å²) in [6.07, 6.45) is 1.54. The van der Waals surface area contributed by atoms with Gasteiger partial charge in [0.05, 0.1) is 11.3 Å². The van der Waals surface area contributed by atoms with E-state index in [9.17, 15) is 0 Å². The van der Waals surface area contributed by atoms with Crippen molar-refractivity contribution in [3.8, 4) is 6.07 Å². The van der Waals surface area contributed by atoms with E-state index in [1.807, 2.05) is 32.1 Å². The minimum Gasteiger partial charge on any atom is -0.396 e. The van der Waals surface area contributed by atoms with E-state index in [2.05, 4.69) is 9.88 Å². The molecule has 16 heavy (non-hydrogen) atoms. The molecule has 1 aromatic heterocycles. The molecule has 0 bridgehead atoms. The third-order valence-electron chi connectivity index (χ3n) is 2.27. The van der Waals surface area contributed by atoms with E-state index in [1.54, 1.807) is 6.07 Å². The third-order valence-corrected chi connectivity index (χ3v) is 2.27. The van der Waals surface area contributed by atoms with Crippen LogP contribution < -0.4 is 10.6 Å². The highest BCUT2D eigenvalue weighted by Crippen LogP contribution is 2.19. The fourth-order valence-electron chi connectivity index (χ4n) is 1.31. The topological polar surface area (TPSA) is 69.2 Å². The van der Waals surface area contributed by atoms with Crippen molar-refractivity contribution in [3.05, 3.63) is 17.8 Å². The van der Waals surface area contributed by atoms with E-state index < -0.39 is 0 Å². The van der Waals surface area contributed by atoms with Crippen LogP contribution in [-0.4, -0.2) is 44.1 Å². The van der Waals surface area contributed by atoms with E-state index in [1.165, 1.54) is 6.20 Å². The lowest BCUT2D eigenvalue weighted by atomic mass is 10.2. The van der Waals surface area contributed by atoms with Crippen LogP contribution in [0.2, 0.25) is 0 Å². The van der Waals surface area contributed by atoms with Crippen LogP contribution >= 0.6 is 0 Å². The Morgan fingerprint density at radius 2 is 2.06 bits per heavy atom. The Hall–Kier alpha value is -1.80. The molecule has 0 aliphatic rings. The monoisotopic (exact) mass is 219 g/mol. The van der Waals surface area contributed by atoms with Gasteiger partial charge in [-0.15, -0.1) is 0 Å². The van der Waals surface area contributed by atoms with Gasteiger partial charge in [-0.3, -0.25) is 0 Å². The molecule has 2 N–H and O–H groups in total. The van der Waals surface area contributed by atoms with Crippen LogP contribution in [0.3, 0.4) is 0 Å². The molecule has 0 saturated carbocycles. The highest BCUT2D eigenvalue weighted by atomic mass is 15.2. The van der Waals surface area contributed by atoms with Gasteiger partial charge in [0, 0.05) is 26.3 Å². The predicted octanol–water partition coefficient (Wildman–Crippen LogP) is 0.533. The molecule has 0 fully saturated rings.